The van der Waals surface area contributed by atoms with Crippen molar-refractivity contribution in [2.45, 2.75) is 110 Å². The summed E-state index contributed by atoms with van der Waals surface area (Å²) in [5.41, 5.74) is -1.24. The van der Waals surface area contributed by atoms with Crippen molar-refractivity contribution < 1.29 is 29.0 Å². The molecule has 1 aliphatic carbocycles. The summed E-state index contributed by atoms with van der Waals surface area (Å²) in [6.45, 7) is 10.9. The summed E-state index contributed by atoms with van der Waals surface area (Å²) in [6.07, 6.45) is 8.03. The summed E-state index contributed by atoms with van der Waals surface area (Å²) in [5, 5.41) is 13.3. The lowest BCUT2D eigenvalue weighted by molar-refractivity contribution is -0.164. The van der Waals surface area contributed by atoms with E-state index in [1.54, 1.807) is 20.8 Å². The third-order valence-electron chi connectivity index (χ3n) is 7.54. The minimum absolute atomic E-state index is 0.00101. The molecule has 1 saturated carbocycles. The van der Waals surface area contributed by atoms with Crippen LogP contribution in [0.2, 0.25) is 0 Å². The van der Waals surface area contributed by atoms with Gasteiger partial charge in [-0.25, -0.2) is 9.78 Å². The van der Waals surface area contributed by atoms with E-state index in [2.05, 4.69) is 15.3 Å². The van der Waals surface area contributed by atoms with E-state index in [4.69, 9.17) is 4.74 Å². The molecular weight excluding hydrogens is 500 g/mol. The normalized spacial score (nSPS) is 22.2. The number of carbonyl (C=O) groups is 4. The molecule has 2 N–H and O–H groups in total. The summed E-state index contributed by atoms with van der Waals surface area (Å²) in [6, 6.07) is -1.68. The van der Waals surface area contributed by atoms with Gasteiger partial charge in [0.25, 0.3) is 5.91 Å². The molecule has 0 radical (unpaired) electrons. The van der Waals surface area contributed by atoms with E-state index in [1.165, 1.54) is 23.5 Å². The van der Waals surface area contributed by atoms with E-state index < -0.39 is 47.0 Å². The number of β-amino-alcohol motifs (C(OH)–C–C–N with tert-alkyl or cyclic N) is 1. The van der Waals surface area contributed by atoms with E-state index >= 15 is 0 Å². The number of likely N-dealkylation sites (tertiary alicyclic amines) is 1. The second kappa shape index (κ2) is 12.5. The number of Topliss-reactive ketones (excluding diaryl/α,β-unsaturated/α-hetero) is 1. The minimum atomic E-state index is -0.919. The number of aromatic nitrogens is 2. The average molecular weight is 545 g/mol. The fraction of sp³-hybridized carbons (Fsp3) is 0.724. The molecule has 39 heavy (non-hydrogen) atoms. The maximum absolute atomic E-state index is 13.9. The average Bonchev–Trinajstić information content (AvgIpc) is 3.26. The zero-order valence-corrected chi connectivity index (χ0v) is 24.1. The van der Waals surface area contributed by atoms with Gasteiger partial charge >= 0.3 is 5.97 Å². The monoisotopic (exact) mass is 544 g/mol. The number of hydrogen-bond donors (Lipinski definition) is 2. The fourth-order valence-corrected chi connectivity index (χ4v) is 5.50. The number of ketones is 1. The second-order valence-corrected chi connectivity index (χ2v) is 13.0. The number of rotatable bonds is 8. The lowest BCUT2D eigenvalue weighted by Crippen LogP contribution is -2.51. The molecule has 0 bridgehead atoms. The molecule has 1 saturated heterocycles. The van der Waals surface area contributed by atoms with Gasteiger partial charge in [0.05, 0.1) is 18.3 Å². The van der Waals surface area contributed by atoms with Crippen LogP contribution in [0.1, 0.15) is 97.0 Å². The van der Waals surface area contributed by atoms with Gasteiger partial charge in [-0.15, -0.1) is 0 Å². The first kappa shape index (κ1) is 30.7. The van der Waals surface area contributed by atoms with Crippen molar-refractivity contribution in [3.05, 3.63) is 24.3 Å². The molecule has 0 aromatic carbocycles. The minimum Gasteiger partial charge on any atom is -0.458 e. The maximum Gasteiger partial charge on any atom is 0.329 e. The zero-order valence-electron chi connectivity index (χ0n) is 24.1. The van der Waals surface area contributed by atoms with Crippen LogP contribution in [0.15, 0.2) is 18.6 Å². The van der Waals surface area contributed by atoms with E-state index in [-0.39, 0.29) is 42.7 Å². The van der Waals surface area contributed by atoms with Crippen molar-refractivity contribution in [2.24, 2.45) is 17.3 Å². The van der Waals surface area contributed by atoms with Crippen LogP contribution in [-0.4, -0.2) is 73.9 Å². The van der Waals surface area contributed by atoms with Crippen LogP contribution in [0.25, 0.3) is 0 Å². The Bertz CT molecular complexity index is 1030. The van der Waals surface area contributed by atoms with Crippen LogP contribution < -0.4 is 5.32 Å². The molecule has 0 spiro atoms. The Morgan fingerprint density at radius 3 is 2.31 bits per heavy atom. The van der Waals surface area contributed by atoms with Crippen molar-refractivity contribution in [1.29, 1.82) is 0 Å². The van der Waals surface area contributed by atoms with Gasteiger partial charge in [0.15, 0.2) is 5.78 Å². The second-order valence-electron chi connectivity index (χ2n) is 13.0. The maximum atomic E-state index is 13.9. The Balaban J connectivity index is 1.84. The first-order chi connectivity index (χ1) is 18.2. The molecule has 2 heterocycles. The van der Waals surface area contributed by atoms with Crippen LogP contribution in [0.4, 0.5) is 0 Å². The highest BCUT2D eigenvalue weighted by atomic mass is 16.6. The number of aliphatic hydroxyl groups excluding tert-OH is 1. The molecule has 216 valence electrons. The highest BCUT2D eigenvalue weighted by molar-refractivity contribution is 5.98. The quantitative estimate of drug-likeness (QED) is 0.476. The predicted octanol–water partition coefficient (Wildman–Crippen LogP) is 3.08. The number of ether oxygens (including phenoxy) is 1. The van der Waals surface area contributed by atoms with Crippen molar-refractivity contribution >= 4 is 23.6 Å². The molecule has 1 aliphatic heterocycles. The van der Waals surface area contributed by atoms with Crippen LogP contribution in [0.3, 0.4) is 0 Å². The van der Waals surface area contributed by atoms with Crippen molar-refractivity contribution in [3.63, 3.8) is 0 Å². The third kappa shape index (κ3) is 8.30. The summed E-state index contributed by atoms with van der Waals surface area (Å²) < 4.78 is 5.53. The Morgan fingerprint density at radius 2 is 1.74 bits per heavy atom. The van der Waals surface area contributed by atoms with Gasteiger partial charge in [0.1, 0.15) is 17.3 Å². The van der Waals surface area contributed by atoms with Crippen LogP contribution in [0, 0.1) is 17.3 Å². The molecule has 4 atom stereocenters. The number of carbonyl (C=O) groups excluding carboxylic acids is 4. The number of esters is 1. The largest absolute Gasteiger partial charge is 0.458 e. The van der Waals surface area contributed by atoms with Gasteiger partial charge < -0.3 is 20.1 Å². The van der Waals surface area contributed by atoms with Gasteiger partial charge in [-0.1, -0.05) is 40.0 Å². The number of nitrogens with one attached hydrogen (secondary N) is 1. The summed E-state index contributed by atoms with van der Waals surface area (Å²) in [7, 11) is 0. The Morgan fingerprint density at radius 1 is 1.08 bits per heavy atom. The van der Waals surface area contributed by atoms with Crippen molar-refractivity contribution in [1.82, 2.24) is 20.2 Å². The summed E-state index contributed by atoms with van der Waals surface area (Å²) in [5.74, 6) is -2.43. The highest BCUT2D eigenvalue weighted by Crippen LogP contribution is 2.36. The van der Waals surface area contributed by atoms with E-state index in [0.717, 1.165) is 32.1 Å². The Labute approximate surface area is 231 Å². The van der Waals surface area contributed by atoms with E-state index in [9.17, 15) is 24.3 Å². The van der Waals surface area contributed by atoms with E-state index in [0.29, 0.717) is 0 Å². The lowest BCUT2D eigenvalue weighted by Gasteiger charge is -2.36. The Hall–Kier alpha value is -2.88. The lowest BCUT2D eigenvalue weighted by atomic mass is 9.74. The molecular formula is C29H44N4O6. The zero-order chi connectivity index (χ0) is 29.0. The number of nitrogens with zero attached hydrogens (tertiary/aromatic N) is 3. The van der Waals surface area contributed by atoms with Crippen molar-refractivity contribution in [3.8, 4) is 0 Å². The number of aliphatic hydroxyl groups is 1. The molecule has 1 aromatic rings. The van der Waals surface area contributed by atoms with Crippen LogP contribution in [0.5, 0.6) is 0 Å². The Kier molecular flexibility index (Phi) is 9.85. The number of amides is 2. The molecule has 2 amide bonds. The summed E-state index contributed by atoms with van der Waals surface area (Å²) >= 11 is 0. The van der Waals surface area contributed by atoms with Gasteiger partial charge in [0, 0.05) is 37.7 Å². The smallest absolute Gasteiger partial charge is 0.329 e. The van der Waals surface area contributed by atoms with Gasteiger partial charge in [0.2, 0.25) is 5.91 Å². The molecule has 2 aliphatic rings. The molecule has 10 nitrogen and oxygen atoms in total. The SMILES string of the molecule is CC(C)(C)OC(=O)[C@@H]1C[C@H](O)CN1C(=O)[C@@H](CC(=O)[C@@H](NC(=O)c1cnccn1)C1CCCCC1)C(C)(C)C. The predicted molar refractivity (Wildman–Crippen MR) is 144 cm³/mol. The molecule has 3 rings (SSSR count). The molecule has 0 unspecified atom stereocenters. The summed E-state index contributed by atoms with van der Waals surface area (Å²) in [4.78, 5) is 63.1. The van der Waals surface area contributed by atoms with Gasteiger partial charge in [-0.05, 0) is 44.9 Å². The highest BCUT2D eigenvalue weighted by Gasteiger charge is 2.46. The standard InChI is InChI=1S/C29H44N4O6/c1-28(2,3)20(26(37)33-17-19(34)14-22(33)27(38)39-29(4,5)6)15-23(35)24(18-10-8-7-9-11-18)32-25(36)21-16-30-12-13-31-21/h12-13,16,18-20,22,24,34H,7-11,14-15,17H2,1-6H3,(H,32,36)/t19-,20+,22-,24-/m0/s1. The van der Waals surface area contributed by atoms with E-state index in [1.807, 2.05) is 20.8 Å². The number of hydrogen-bond acceptors (Lipinski definition) is 8. The van der Waals surface area contributed by atoms with Crippen LogP contribution >= 0.6 is 0 Å². The van der Waals surface area contributed by atoms with Crippen LogP contribution in [-0.2, 0) is 19.1 Å². The third-order valence-corrected chi connectivity index (χ3v) is 7.54. The van der Waals surface area contributed by atoms with Gasteiger partial charge in [-0.2, -0.15) is 0 Å². The first-order valence-corrected chi connectivity index (χ1v) is 14.0. The first-order valence-electron chi connectivity index (χ1n) is 14.0. The topological polar surface area (TPSA) is 139 Å². The fourth-order valence-electron chi connectivity index (χ4n) is 5.50. The molecule has 10 heteroatoms. The van der Waals surface area contributed by atoms with Gasteiger partial charge in [-0.3, -0.25) is 19.4 Å². The molecule has 2 fully saturated rings. The van der Waals surface area contributed by atoms with Crippen molar-refractivity contribution in [2.75, 3.05) is 6.54 Å². The molecule has 1 aromatic heterocycles.